The summed E-state index contributed by atoms with van der Waals surface area (Å²) in [5.41, 5.74) is 4.37. The zero-order chi connectivity index (χ0) is 18.4. The van der Waals surface area contributed by atoms with Crippen LogP contribution >= 0.6 is 0 Å². The molecule has 25 heavy (non-hydrogen) atoms. The summed E-state index contributed by atoms with van der Waals surface area (Å²) in [6.07, 6.45) is 0.899. The minimum atomic E-state index is -0.173. The minimum absolute atomic E-state index is 0.173. The topological polar surface area (TPSA) is 70.2 Å². The van der Waals surface area contributed by atoms with Gasteiger partial charge in [0.05, 0.1) is 0 Å². The lowest BCUT2D eigenvalue weighted by Crippen LogP contribution is -2.28. The van der Waals surface area contributed by atoms with Gasteiger partial charge in [0.2, 0.25) is 5.95 Å². The van der Waals surface area contributed by atoms with E-state index in [1.165, 1.54) is 0 Å². The predicted octanol–water partition coefficient (Wildman–Crippen LogP) is 2.83. The molecule has 1 aromatic heterocycles. The summed E-state index contributed by atoms with van der Waals surface area (Å²) in [6.45, 7) is 7.50. The molecule has 2 aromatic rings. The van der Waals surface area contributed by atoms with Crippen LogP contribution in [0.3, 0.4) is 0 Å². The van der Waals surface area contributed by atoms with Gasteiger partial charge in [0.1, 0.15) is 5.69 Å². The molecule has 0 fully saturated rings. The Morgan fingerprint density at radius 1 is 1.04 bits per heavy atom. The standard InChI is InChI=1S/C19H27N5O/c1-13-9-14(2)11-16(10-13)22-19-21-15(3)12-17(23-19)18(25)20-7-6-8-24(4)5/h9-12H,6-8H2,1-5H3,(H,20,25)(H,21,22,23). The number of carbonyl (C=O) groups is 1. The number of aromatic nitrogens is 2. The van der Waals surface area contributed by atoms with E-state index in [0.717, 1.165) is 35.5 Å². The Bertz CT molecular complexity index is 722. The van der Waals surface area contributed by atoms with Crippen LogP contribution in [0, 0.1) is 20.8 Å². The highest BCUT2D eigenvalue weighted by molar-refractivity contribution is 5.92. The second-order valence-corrected chi connectivity index (χ2v) is 6.63. The molecule has 0 spiro atoms. The van der Waals surface area contributed by atoms with Crippen molar-refractivity contribution >= 4 is 17.5 Å². The number of amides is 1. The van der Waals surface area contributed by atoms with Gasteiger partial charge in [-0.05, 0) is 77.2 Å². The normalized spacial score (nSPS) is 10.8. The lowest BCUT2D eigenvalue weighted by molar-refractivity contribution is 0.0947. The van der Waals surface area contributed by atoms with E-state index in [1.54, 1.807) is 6.07 Å². The van der Waals surface area contributed by atoms with Crippen molar-refractivity contribution in [2.45, 2.75) is 27.2 Å². The van der Waals surface area contributed by atoms with Crippen LogP contribution in [-0.2, 0) is 0 Å². The average molecular weight is 341 g/mol. The van der Waals surface area contributed by atoms with Crippen LogP contribution < -0.4 is 10.6 Å². The van der Waals surface area contributed by atoms with Crippen LogP contribution in [0.5, 0.6) is 0 Å². The Labute approximate surface area is 149 Å². The van der Waals surface area contributed by atoms with Crippen molar-refractivity contribution in [3.8, 4) is 0 Å². The second kappa shape index (κ2) is 8.58. The molecular formula is C19H27N5O. The quantitative estimate of drug-likeness (QED) is 0.758. The molecule has 6 heteroatoms. The average Bonchev–Trinajstić information content (AvgIpc) is 2.49. The van der Waals surface area contributed by atoms with E-state index >= 15 is 0 Å². The maximum absolute atomic E-state index is 12.3. The summed E-state index contributed by atoms with van der Waals surface area (Å²) in [5, 5.41) is 6.10. The first-order valence-corrected chi connectivity index (χ1v) is 8.47. The van der Waals surface area contributed by atoms with E-state index in [1.807, 2.05) is 47.0 Å². The summed E-state index contributed by atoms with van der Waals surface area (Å²) in [5.74, 6) is 0.260. The number of nitrogens with zero attached hydrogens (tertiary/aromatic N) is 3. The molecular weight excluding hydrogens is 314 g/mol. The zero-order valence-electron chi connectivity index (χ0n) is 15.7. The van der Waals surface area contributed by atoms with E-state index in [4.69, 9.17) is 0 Å². The molecule has 0 bridgehead atoms. The molecule has 6 nitrogen and oxygen atoms in total. The Balaban J connectivity index is 2.07. The molecule has 0 aliphatic heterocycles. The fraction of sp³-hybridized carbons (Fsp3) is 0.421. The zero-order valence-corrected chi connectivity index (χ0v) is 15.7. The molecule has 0 atom stereocenters. The van der Waals surface area contributed by atoms with Crippen molar-refractivity contribution < 1.29 is 4.79 Å². The predicted molar refractivity (Wildman–Crippen MR) is 101 cm³/mol. The third-order valence-corrected chi connectivity index (χ3v) is 3.63. The number of anilines is 2. The molecule has 0 saturated carbocycles. The van der Waals surface area contributed by atoms with Gasteiger partial charge < -0.3 is 15.5 Å². The van der Waals surface area contributed by atoms with Crippen molar-refractivity contribution in [1.29, 1.82) is 0 Å². The molecule has 1 aromatic carbocycles. The summed E-state index contributed by atoms with van der Waals surface area (Å²) < 4.78 is 0. The van der Waals surface area contributed by atoms with Gasteiger partial charge in [0.25, 0.3) is 5.91 Å². The van der Waals surface area contributed by atoms with Crippen molar-refractivity contribution in [1.82, 2.24) is 20.2 Å². The van der Waals surface area contributed by atoms with Crippen LogP contribution in [-0.4, -0.2) is 48.0 Å². The number of nitrogens with one attached hydrogen (secondary N) is 2. The fourth-order valence-corrected chi connectivity index (χ4v) is 2.60. The van der Waals surface area contributed by atoms with Gasteiger partial charge in [-0.1, -0.05) is 6.07 Å². The molecule has 134 valence electrons. The molecule has 0 aliphatic rings. The van der Waals surface area contributed by atoms with Gasteiger partial charge in [-0.2, -0.15) is 0 Å². The largest absolute Gasteiger partial charge is 0.351 e. The van der Waals surface area contributed by atoms with Crippen molar-refractivity contribution in [2.24, 2.45) is 0 Å². The fourth-order valence-electron chi connectivity index (χ4n) is 2.60. The molecule has 2 rings (SSSR count). The highest BCUT2D eigenvalue weighted by Gasteiger charge is 2.10. The maximum atomic E-state index is 12.3. The maximum Gasteiger partial charge on any atom is 0.270 e. The summed E-state index contributed by atoms with van der Waals surface area (Å²) in [6, 6.07) is 7.86. The van der Waals surface area contributed by atoms with Crippen molar-refractivity contribution in [3.63, 3.8) is 0 Å². The lowest BCUT2D eigenvalue weighted by atomic mass is 10.1. The lowest BCUT2D eigenvalue weighted by Gasteiger charge is -2.11. The van der Waals surface area contributed by atoms with Gasteiger partial charge in [0, 0.05) is 17.9 Å². The number of benzene rings is 1. The summed E-state index contributed by atoms with van der Waals surface area (Å²) in [7, 11) is 4.03. The summed E-state index contributed by atoms with van der Waals surface area (Å²) >= 11 is 0. The third kappa shape index (κ3) is 6.15. The first kappa shape index (κ1) is 18.9. The first-order valence-electron chi connectivity index (χ1n) is 8.47. The van der Waals surface area contributed by atoms with Gasteiger partial charge in [-0.25, -0.2) is 9.97 Å². The molecule has 0 radical (unpaired) electrons. The highest BCUT2D eigenvalue weighted by Crippen LogP contribution is 2.17. The van der Waals surface area contributed by atoms with Crippen LogP contribution in [0.15, 0.2) is 24.3 Å². The molecule has 1 heterocycles. The van der Waals surface area contributed by atoms with E-state index in [9.17, 15) is 4.79 Å². The van der Waals surface area contributed by atoms with Gasteiger partial charge in [0.15, 0.2) is 0 Å². The Kier molecular flexibility index (Phi) is 6.47. The minimum Gasteiger partial charge on any atom is -0.351 e. The van der Waals surface area contributed by atoms with Crippen LogP contribution in [0.1, 0.15) is 33.7 Å². The monoisotopic (exact) mass is 341 g/mol. The number of rotatable bonds is 7. The van der Waals surface area contributed by atoms with Gasteiger partial charge in [-0.3, -0.25) is 4.79 Å². The number of carbonyl (C=O) groups excluding carboxylic acids is 1. The van der Waals surface area contributed by atoms with E-state index in [2.05, 4.69) is 31.6 Å². The van der Waals surface area contributed by atoms with E-state index < -0.39 is 0 Å². The highest BCUT2D eigenvalue weighted by atomic mass is 16.1. The Hall–Kier alpha value is -2.47. The third-order valence-electron chi connectivity index (χ3n) is 3.63. The SMILES string of the molecule is Cc1cc(C)cc(Nc2nc(C)cc(C(=O)NCCCN(C)C)n2)c1. The van der Waals surface area contributed by atoms with Gasteiger partial charge >= 0.3 is 0 Å². The molecule has 0 unspecified atom stereocenters. The van der Waals surface area contributed by atoms with E-state index in [0.29, 0.717) is 18.2 Å². The molecule has 1 amide bonds. The van der Waals surface area contributed by atoms with E-state index in [-0.39, 0.29) is 5.91 Å². The Morgan fingerprint density at radius 2 is 1.72 bits per heavy atom. The smallest absolute Gasteiger partial charge is 0.270 e. The van der Waals surface area contributed by atoms with Crippen LogP contribution in [0.4, 0.5) is 11.6 Å². The number of aryl methyl sites for hydroxylation is 3. The van der Waals surface area contributed by atoms with Crippen molar-refractivity contribution in [3.05, 3.63) is 46.8 Å². The number of hydrogen-bond acceptors (Lipinski definition) is 5. The Morgan fingerprint density at radius 3 is 2.36 bits per heavy atom. The van der Waals surface area contributed by atoms with Crippen molar-refractivity contribution in [2.75, 3.05) is 32.5 Å². The number of hydrogen-bond donors (Lipinski definition) is 2. The van der Waals surface area contributed by atoms with Crippen LogP contribution in [0.2, 0.25) is 0 Å². The molecule has 2 N–H and O–H groups in total. The van der Waals surface area contributed by atoms with Crippen LogP contribution in [0.25, 0.3) is 0 Å². The second-order valence-electron chi connectivity index (χ2n) is 6.63. The summed E-state index contributed by atoms with van der Waals surface area (Å²) in [4.78, 5) is 23.1. The van der Waals surface area contributed by atoms with Gasteiger partial charge in [-0.15, -0.1) is 0 Å². The molecule has 0 saturated heterocycles. The molecule has 0 aliphatic carbocycles. The first-order chi connectivity index (χ1) is 11.8.